The van der Waals surface area contributed by atoms with Crippen molar-refractivity contribution in [1.82, 2.24) is 9.97 Å². The first-order chi connectivity index (χ1) is 7.83. The number of aromatic nitrogens is 2. The molecule has 0 saturated carbocycles. The van der Waals surface area contributed by atoms with Gasteiger partial charge in [-0.15, -0.1) is 0 Å². The Bertz CT molecular complexity index is 592. The van der Waals surface area contributed by atoms with Gasteiger partial charge in [0.15, 0.2) is 0 Å². The highest BCUT2D eigenvalue weighted by Crippen LogP contribution is 2.01. The smallest absolute Gasteiger partial charge is 0.133 e. The minimum Gasteiger partial charge on any atom is -0.345 e. The van der Waals surface area contributed by atoms with E-state index in [1.54, 1.807) is 12.3 Å². The standard InChI is InChI=1S/C14H14N2/c1-3-6-12-7-4-5-8-13(12)11(2)14-15-9-10-16-14/h3-10H,1H2,2H3,(H,15,16)/b12-6-,13-11+. The number of imidazole rings is 1. The summed E-state index contributed by atoms with van der Waals surface area (Å²) in [6.45, 7) is 5.79. The van der Waals surface area contributed by atoms with Gasteiger partial charge in [0.1, 0.15) is 5.82 Å². The Labute approximate surface area is 94.7 Å². The van der Waals surface area contributed by atoms with Crippen LogP contribution in [-0.4, -0.2) is 9.97 Å². The summed E-state index contributed by atoms with van der Waals surface area (Å²) in [5.74, 6) is 0.907. The van der Waals surface area contributed by atoms with Gasteiger partial charge in [-0.25, -0.2) is 4.98 Å². The summed E-state index contributed by atoms with van der Waals surface area (Å²) in [5, 5.41) is 2.34. The first kappa shape index (κ1) is 10.4. The number of H-pyrrole nitrogens is 1. The van der Waals surface area contributed by atoms with Crippen LogP contribution < -0.4 is 10.4 Å². The van der Waals surface area contributed by atoms with Crippen LogP contribution in [0.3, 0.4) is 0 Å². The average Bonchev–Trinajstić information content (AvgIpc) is 2.83. The highest BCUT2D eigenvalue weighted by molar-refractivity contribution is 5.58. The van der Waals surface area contributed by atoms with E-state index in [-0.39, 0.29) is 0 Å². The van der Waals surface area contributed by atoms with E-state index in [2.05, 4.69) is 35.6 Å². The Morgan fingerprint density at radius 3 is 2.88 bits per heavy atom. The first-order valence-corrected chi connectivity index (χ1v) is 5.21. The minimum absolute atomic E-state index is 0.907. The molecule has 0 aliphatic carbocycles. The van der Waals surface area contributed by atoms with Gasteiger partial charge in [0.2, 0.25) is 0 Å². The van der Waals surface area contributed by atoms with Gasteiger partial charge in [-0.2, -0.15) is 0 Å². The number of rotatable bonds is 2. The molecule has 0 saturated heterocycles. The number of allylic oxidation sites excluding steroid dienone is 1. The molecule has 0 spiro atoms. The lowest BCUT2D eigenvalue weighted by Crippen LogP contribution is -2.26. The summed E-state index contributed by atoms with van der Waals surface area (Å²) in [6, 6.07) is 8.22. The van der Waals surface area contributed by atoms with Gasteiger partial charge in [0.25, 0.3) is 0 Å². The maximum Gasteiger partial charge on any atom is 0.133 e. The molecule has 2 nitrogen and oxygen atoms in total. The molecule has 1 heterocycles. The molecule has 0 unspecified atom stereocenters. The molecule has 0 atom stereocenters. The van der Waals surface area contributed by atoms with Crippen LogP contribution in [-0.2, 0) is 0 Å². The van der Waals surface area contributed by atoms with Crippen LogP contribution >= 0.6 is 0 Å². The summed E-state index contributed by atoms with van der Waals surface area (Å²) >= 11 is 0. The average molecular weight is 210 g/mol. The number of nitrogens with one attached hydrogen (secondary N) is 1. The molecule has 0 aliphatic rings. The van der Waals surface area contributed by atoms with Gasteiger partial charge in [-0.05, 0) is 22.9 Å². The van der Waals surface area contributed by atoms with E-state index in [9.17, 15) is 0 Å². The molecular formula is C14H14N2. The molecule has 0 radical (unpaired) electrons. The monoisotopic (exact) mass is 210 g/mol. The van der Waals surface area contributed by atoms with Crippen LogP contribution in [0.15, 0.2) is 49.3 Å². The second-order valence-electron chi connectivity index (χ2n) is 3.55. The normalized spacial score (nSPS) is 13.7. The van der Waals surface area contributed by atoms with Gasteiger partial charge in [-0.1, -0.05) is 43.0 Å². The number of hydrogen-bond donors (Lipinski definition) is 1. The summed E-state index contributed by atoms with van der Waals surface area (Å²) < 4.78 is 0. The highest BCUT2D eigenvalue weighted by atomic mass is 14.9. The first-order valence-electron chi connectivity index (χ1n) is 5.21. The van der Waals surface area contributed by atoms with Crippen molar-refractivity contribution in [2.24, 2.45) is 0 Å². The number of nitrogens with zero attached hydrogens (tertiary/aromatic N) is 1. The van der Waals surface area contributed by atoms with Crippen LogP contribution in [0.2, 0.25) is 0 Å². The lowest BCUT2D eigenvalue weighted by Gasteiger charge is -1.97. The molecule has 0 amide bonds. The van der Waals surface area contributed by atoms with Gasteiger partial charge in [-0.3, -0.25) is 0 Å². The van der Waals surface area contributed by atoms with Crippen LogP contribution in [0.25, 0.3) is 11.6 Å². The predicted molar refractivity (Wildman–Crippen MR) is 67.1 cm³/mol. The second kappa shape index (κ2) is 4.62. The lowest BCUT2D eigenvalue weighted by atomic mass is 10.1. The second-order valence-corrected chi connectivity index (χ2v) is 3.55. The van der Waals surface area contributed by atoms with Gasteiger partial charge >= 0.3 is 0 Å². The van der Waals surface area contributed by atoms with Gasteiger partial charge in [0, 0.05) is 12.4 Å². The van der Waals surface area contributed by atoms with E-state index in [1.807, 2.05) is 24.4 Å². The largest absolute Gasteiger partial charge is 0.345 e. The van der Waals surface area contributed by atoms with Crippen LogP contribution in [0, 0.1) is 0 Å². The van der Waals surface area contributed by atoms with Crippen molar-refractivity contribution in [3.8, 4) is 0 Å². The molecule has 2 rings (SSSR count). The van der Waals surface area contributed by atoms with E-state index < -0.39 is 0 Å². The molecule has 1 N–H and O–H groups in total. The fourth-order valence-electron chi connectivity index (χ4n) is 1.71. The Hall–Kier alpha value is -2.09. The van der Waals surface area contributed by atoms with Crippen molar-refractivity contribution >= 4 is 11.6 Å². The number of hydrogen-bond acceptors (Lipinski definition) is 1. The van der Waals surface area contributed by atoms with Crippen molar-refractivity contribution in [1.29, 1.82) is 0 Å². The molecule has 0 aliphatic heterocycles. The SMILES string of the molecule is C=C/C=c1/cccc/c1=C(/C)c1ncc[nH]1. The maximum absolute atomic E-state index is 4.26. The van der Waals surface area contributed by atoms with E-state index in [4.69, 9.17) is 0 Å². The molecule has 0 bridgehead atoms. The zero-order valence-corrected chi connectivity index (χ0v) is 9.27. The molecule has 1 aromatic heterocycles. The van der Waals surface area contributed by atoms with Crippen molar-refractivity contribution in [2.45, 2.75) is 6.92 Å². The van der Waals surface area contributed by atoms with Crippen LogP contribution in [0.1, 0.15) is 12.7 Å². The van der Waals surface area contributed by atoms with E-state index in [1.165, 1.54) is 5.22 Å². The molecule has 16 heavy (non-hydrogen) atoms. The van der Waals surface area contributed by atoms with Crippen molar-refractivity contribution in [3.63, 3.8) is 0 Å². The molecule has 0 fully saturated rings. The zero-order valence-electron chi connectivity index (χ0n) is 9.27. The fourth-order valence-corrected chi connectivity index (χ4v) is 1.71. The van der Waals surface area contributed by atoms with Crippen LogP contribution in [0.5, 0.6) is 0 Å². The maximum atomic E-state index is 4.26. The molecule has 2 aromatic rings. The number of aromatic amines is 1. The van der Waals surface area contributed by atoms with Crippen molar-refractivity contribution in [3.05, 3.63) is 65.6 Å². The zero-order chi connectivity index (χ0) is 11.4. The van der Waals surface area contributed by atoms with Gasteiger partial charge in [0.05, 0.1) is 0 Å². The Morgan fingerprint density at radius 1 is 1.38 bits per heavy atom. The minimum atomic E-state index is 0.907. The fraction of sp³-hybridized carbons (Fsp3) is 0.0714. The summed E-state index contributed by atoms with van der Waals surface area (Å²) in [7, 11) is 0. The third kappa shape index (κ3) is 1.96. The van der Waals surface area contributed by atoms with E-state index in [0.29, 0.717) is 0 Å². The third-order valence-electron chi connectivity index (χ3n) is 2.52. The Balaban J connectivity index is 2.77. The van der Waals surface area contributed by atoms with Crippen molar-refractivity contribution < 1.29 is 0 Å². The molecule has 1 aromatic carbocycles. The topological polar surface area (TPSA) is 28.7 Å². The molecular weight excluding hydrogens is 196 g/mol. The molecule has 2 heteroatoms. The summed E-state index contributed by atoms with van der Waals surface area (Å²) in [4.78, 5) is 7.38. The van der Waals surface area contributed by atoms with E-state index in [0.717, 1.165) is 16.6 Å². The van der Waals surface area contributed by atoms with E-state index >= 15 is 0 Å². The Morgan fingerprint density at radius 2 is 2.19 bits per heavy atom. The Kier molecular flexibility index (Phi) is 3.01. The third-order valence-corrected chi connectivity index (χ3v) is 2.52. The summed E-state index contributed by atoms with van der Waals surface area (Å²) in [5.41, 5.74) is 1.14. The van der Waals surface area contributed by atoms with Gasteiger partial charge < -0.3 is 4.98 Å². The highest BCUT2D eigenvalue weighted by Gasteiger charge is 1.98. The number of benzene rings is 1. The quantitative estimate of drug-likeness (QED) is 0.801. The van der Waals surface area contributed by atoms with Crippen molar-refractivity contribution in [2.75, 3.05) is 0 Å². The lowest BCUT2D eigenvalue weighted by molar-refractivity contribution is 1.21. The predicted octanol–water partition coefficient (Wildman–Crippen LogP) is 1.60. The summed E-state index contributed by atoms with van der Waals surface area (Å²) in [6.07, 6.45) is 7.40. The molecule has 80 valence electrons. The van der Waals surface area contributed by atoms with Crippen LogP contribution in [0.4, 0.5) is 0 Å².